The number of aryl methyl sites for hydroxylation is 1. The van der Waals surface area contributed by atoms with E-state index in [1.165, 1.54) is 19.3 Å². The molecule has 0 aromatic carbocycles. The number of hydrogen-bond donors (Lipinski definition) is 1. The fourth-order valence-electron chi connectivity index (χ4n) is 1.45. The van der Waals surface area contributed by atoms with Crippen molar-refractivity contribution < 1.29 is 18.0 Å². The molecule has 2 heterocycles. The molecule has 5 nitrogen and oxygen atoms in total. The summed E-state index contributed by atoms with van der Waals surface area (Å²) in [5.41, 5.74) is -1.32. The topological polar surface area (TPSA) is 59.8 Å². The van der Waals surface area contributed by atoms with Gasteiger partial charge in [0.2, 0.25) is 0 Å². The predicted octanol–water partition coefficient (Wildman–Crippen LogP) is 2.85. The van der Waals surface area contributed by atoms with Gasteiger partial charge in [0.15, 0.2) is 5.69 Å². The molecule has 0 saturated carbocycles. The van der Waals surface area contributed by atoms with Crippen LogP contribution in [0.15, 0.2) is 28.9 Å². The van der Waals surface area contributed by atoms with Crippen molar-refractivity contribution in [1.29, 1.82) is 0 Å². The molecule has 0 fully saturated rings. The summed E-state index contributed by atoms with van der Waals surface area (Å²) >= 11 is 3.18. The number of nitrogens with one attached hydrogen (secondary N) is 1. The summed E-state index contributed by atoms with van der Waals surface area (Å²) in [6.45, 7) is 0. The van der Waals surface area contributed by atoms with Gasteiger partial charge in [0.25, 0.3) is 5.91 Å². The molecule has 2 aromatic heterocycles. The number of carbonyl (C=O) groups is 1. The summed E-state index contributed by atoms with van der Waals surface area (Å²) in [7, 11) is 1.26. The van der Waals surface area contributed by atoms with Gasteiger partial charge in [0.1, 0.15) is 11.5 Å². The lowest BCUT2D eigenvalue weighted by Gasteiger charge is -2.04. The highest BCUT2D eigenvalue weighted by atomic mass is 79.9. The van der Waals surface area contributed by atoms with Crippen LogP contribution in [0.3, 0.4) is 0 Å². The number of alkyl halides is 3. The van der Waals surface area contributed by atoms with E-state index in [1.54, 1.807) is 6.07 Å². The molecule has 2 rings (SSSR count). The second-order valence-corrected chi connectivity index (χ2v) is 4.77. The number of amides is 1. The first-order chi connectivity index (χ1) is 9.27. The Morgan fingerprint density at radius 1 is 1.40 bits per heavy atom. The standard InChI is InChI=1S/C11H8BrF3N4O/c1-19-7(4-8(18-19)11(13,14)15)10(20)17-9-3-2-6(12)5-16-9/h2-5H,1H3,(H,16,17,20). The van der Waals surface area contributed by atoms with Gasteiger partial charge in [0.05, 0.1) is 0 Å². The molecule has 0 unspecified atom stereocenters. The molecule has 0 aliphatic heterocycles. The number of carbonyl (C=O) groups excluding carboxylic acids is 1. The Morgan fingerprint density at radius 3 is 2.60 bits per heavy atom. The maximum absolute atomic E-state index is 12.5. The molecule has 0 radical (unpaired) electrons. The highest BCUT2D eigenvalue weighted by Crippen LogP contribution is 2.28. The van der Waals surface area contributed by atoms with Crippen LogP contribution in [-0.2, 0) is 13.2 Å². The van der Waals surface area contributed by atoms with Crippen molar-refractivity contribution in [2.45, 2.75) is 6.18 Å². The second-order valence-electron chi connectivity index (χ2n) is 3.85. The van der Waals surface area contributed by atoms with Gasteiger partial charge in [0, 0.05) is 23.8 Å². The number of rotatable bonds is 2. The molecule has 0 aliphatic carbocycles. The number of anilines is 1. The van der Waals surface area contributed by atoms with E-state index >= 15 is 0 Å². The summed E-state index contributed by atoms with van der Waals surface area (Å²) in [4.78, 5) is 15.8. The number of hydrogen-bond acceptors (Lipinski definition) is 3. The first-order valence-electron chi connectivity index (χ1n) is 5.31. The van der Waals surface area contributed by atoms with Crippen molar-refractivity contribution in [2.75, 3.05) is 5.32 Å². The third-order valence-corrected chi connectivity index (χ3v) is 2.84. The first-order valence-corrected chi connectivity index (χ1v) is 6.11. The van der Waals surface area contributed by atoms with Crippen LogP contribution in [0.25, 0.3) is 0 Å². The van der Waals surface area contributed by atoms with E-state index in [0.29, 0.717) is 6.07 Å². The fourth-order valence-corrected chi connectivity index (χ4v) is 1.68. The molecule has 9 heteroatoms. The Morgan fingerprint density at radius 2 is 2.10 bits per heavy atom. The molecule has 2 aromatic rings. The zero-order valence-corrected chi connectivity index (χ0v) is 11.7. The van der Waals surface area contributed by atoms with Crippen molar-refractivity contribution in [3.63, 3.8) is 0 Å². The monoisotopic (exact) mass is 348 g/mol. The lowest BCUT2D eigenvalue weighted by molar-refractivity contribution is -0.141. The second kappa shape index (κ2) is 5.23. The number of aromatic nitrogens is 3. The van der Waals surface area contributed by atoms with Crippen molar-refractivity contribution in [2.24, 2.45) is 7.05 Å². The van der Waals surface area contributed by atoms with Crippen LogP contribution in [-0.4, -0.2) is 20.7 Å². The minimum Gasteiger partial charge on any atom is -0.305 e. The Labute approximate surface area is 119 Å². The number of nitrogens with zero attached hydrogens (tertiary/aromatic N) is 3. The molecule has 0 bridgehead atoms. The van der Waals surface area contributed by atoms with Crippen molar-refractivity contribution in [3.05, 3.63) is 40.3 Å². The average molecular weight is 349 g/mol. The van der Waals surface area contributed by atoms with Crippen LogP contribution in [0.1, 0.15) is 16.2 Å². The van der Waals surface area contributed by atoms with Crippen LogP contribution in [0.2, 0.25) is 0 Å². The Kier molecular flexibility index (Phi) is 3.80. The summed E-state index contributed by atoms with van der Waals surface area (Å²) < 4.78 is 39.1. The zero-order valence-electron chi connectivity index (χ0n) is 10.1. The molecule has 1 N–H and O–H groups in total. The minimum absolute atomic E-state index is 0.206. The Balaban J connectivity index is 2.21. The number of halogens is 4. The summed E-state index contributed by atoms with van der Waals surface area (Å²) in [5, 5.41) is 5.65. The maximum atomic E-state index is 12.5. The van der Waals surface area contributed by atoms with Crippen LogP contribution in [0.4, 0.5) is 19.0 Å². The number of pyridine rings is 1. The fraction of sp³-hybridized carbons (Fsp3) is 0.182. The van der Waals surface area contributed by atoms with Gasteiger partial charge < -0.3 is 5.32 Å². The SMILES string of the molecule is Cn1nc(C(F)(F)F)cc1C(=O)Nc1ccc(Br)cn1. The third kappa shape index (κ3) is 3.16. The highest BCUT2D eigenvalue weighted by Gasteiger charge is 2.35. The highest BCUT2D eigenvalue weighted by molar-refractivity contribution is 9.10. The van der Waals surface area contributed by atoms with E-state index in [-0.39, 0.29) is 11.5 Å². The minimum atomic E-state index is -4.59. The van der Waals surface area contributed by atoms with E-state index < -0.39 is 17.8 Å². The van der Waals surface area contributed by atoms with Crippen molar-refractivity contribution >= 4 is 27.7 Å². The summed E-state index contributed by atoms with van der Waals surface area (Å²) in [5.74, 6) is -0.488. The summed E-state index contributed by atoms with van der Waals surface area (Å²) in [6.07, 6.45) is -3.13. The van der Waals surface area contributed by atoms with E-state index in [9.17, 15) is 18.0 Å². The smallest absolute Gasteiger partial charge is 0.305 e. The lowest BCUT2D eigenvalue weighted by atomic mass is 10.3. The van der Waals surface area contributed by atoms with Crippen LogP contribution < -0.4 is 5.32 Å². The molecule has 20 heavy (non-hydrogen) atoms. The lowest BCUT2D eigenvalue weighted by Crippen LogP contribution is -2.16. The molecule has 1 amide bonds. The van der Waals surface area contributed by atoms with Gasteiger partial charge in [-0.25, -0.2) is 4.98 Å². The third-order valence-electron chi connectivity index (χ3n) is 2.37. The molecular weight excluding hydrogens is 341 g/mol. The maximum Gasteiger partial charge on any atom is 0.435 e. The quantitative estimate of drug-likeness (QED) is 0.907. The zero-order chi connectivity index (χ0) is 14.9. The van der Waals surface area contributed by atoms with Crippen LogP contribution >= 0.6 is 15.9 Å². The van der Waals surface area contributed by atoms with E-state index in [1.807, 2.05) is 0 Å². The Hall–Kier alpha value is -1.90. The van der Waals surface area contributed by atoms with E-state index in [2.05, 4.69) is 31.3 Å². The van der Waals surface area contributed by atoms with Gasteiger partial charge in [-0.2, -0.15) is 18.3 Å². The molecule has 0 atom stereocenters. The largest absolute Gasteiger partial charge is 0.435 e. The molecule has 0 aliphatic rings. The van der Waals surface area contributed by atoms with Gasteiger partial charge in [-0.1, -0.05) is 0 Å². The normalized spacial score (nSPS) is 11.4. The molecule has 0 saturated heterocycles. The van der Waals surface area contributed by atoms with E-state index in [4.69, 9.17) is 0 Å². The van der Waals surface area contributed by atoms with Crippen molar-refractivity contribution in [1.82, 2.24) is 14.8 Å². The van der Waals surface area contributed by atoms with Gasteiger partial charge in [-0.3, -0.25) is 9.48 Å². The van der Waals surface area contributed by atoms with Crippen LogP contribution in [0.5, 0.6) is 0 Å². The summed E-state index contributed by atoms with van der Waals surface area (Å²) in [6, 6.07) is 3.85. The van der Waals surface area contributed by atoms with Crippen LogP contribution in [0, 0.1) is 0 Å². The average Bonchev–Trinajstić information content (AvgIpc) is 2.74. The molecule has 106 valence electrons. The van der Waals surface area contributed by atoms with Gasteiger partial charge in [-0.05, 0) is 28.1 Å². The molecular formula is C11H8BrF3N4O. The van der Waals surface area contributed by atoms with Gasteiger partial charge >= 0.3 is 6.18 Å². The van der Waals surface area contributed by atoms with Gasteiger partial charge in [-0.15, -0.1) is 0 Å². The predicted molar refractivity (Wildman–Crippen MR) is 68.1 cm³/mol. The van der Waals surface area contributed by atoms with E-state index in [0.717, 1.165) is 9.15 Å². The van der Waals surface area contributed by atoms with Crippen molar-refractivity contribution in [3.8, 4) is 0 Å². The Bertz CT molecular complexity index is 636. The first kappa shape index (κ1) is 14.5. The molecule has 0 spiro atoms.